The molecule has 6 nitrogen and oxygen atoms in total. The van der Waals surface area contributed by atoms with Gasteiger partial charge in [0.15, 0.2) is 0 Å². The van der Waals surface area contributed by atoms with Crippen molar-refractivity contribution >= 4 is 23.2 Å². The van der Waals surface area contributed by atoms with E-state index in [1.54, 1.807) is 31.4 Å². The molecule has 0 saturated carbocycles. The third-order valence-corrected chi connectivity index (χ3v) is 6.06. The highest BCUT2D eigenvalue weighted by atomic mass is 32.1. The molecular formula is C21H26F2N4O2S. The summed E-state index contributed by atoms with van der Waals surface area (Å²) in [6.07, 6.45) is 2.46. The minimum absolute atomic E-state index is 0.342. The van der Waals surface area contributed by atoms with E-state index in [2.05, 4.69) is 9.88 Å². The summed E-state index contributed by atoms with van der Waals surface area (Å²) in [5, 5.41) is 2.92. The van der Waals surface area contributed by atoms with Gasteiger partial charge in [-0.15, -0.1) is 11.3 Å². The van der Waals surface area contributed by atoms with Gasteiger partial charge in [0, 0.05) is 50.8 Å². The van der Waals surface area contributed by atoms with Crippen LogP contribution in [0.2, 0.25) is 0 Å². The van der Waals surface area contributed by atoms with Crippen LogP contribution >= 0.6 is 11.3 Å². The Balaban J connectivity index is 1.82. The van der Waals surface area contributed by atoms with E-state index in [1.165, 1.54) is 9.80 Å². The maximum absolute atomic E-state index is 14.7. The Morgan fingerprint density at radius 2 is 1.77 bits per heavy atom. The smallest absolute Gasteiger partial charge is 0.257 e. The Bertz CT molecular complexity index is 887. The van der Waals surface area contributed by atoms with Crippen LogP contribution < -0.4 is 0 Å². The molecule has 2 heterocycles. The minimum Gasteiger partial charge on any atom is -0.339 e. The van der Waals surface area contributed by atoms with Crippen LogP contribution in [0.4, 0.5) is 8.78 Å². The Hall–Kier alpha value is -2.39. The fourth-order valence-corrected chi connectivity index (χ4v) is 4.31. The lowest BCUT2D eigenvalue weighted by molar-refractivity contribution is 0.0719. The quantitative estimate of drug-likeness (QED) is 0.698. The third-order valence-electron chi connectivity index (χ3n) is 5.30. The molecule has 1 aromatic heterocycles. The highest BCUT2D eigenvalue weighted by Crippen LogP contribution is 2.23. The Morgan fingerprint density at radius 3 is 2.40 bits per heavy atom. The predicted octanol–water partition coefficient (Wildman–Crippen LogP) is 3.25. The van der Waals surface area contributed by atoms with Crippen molar-refractivity contribution in [2.45, 2.75) is 26.8 Å². The van der Waals surface area contributed by atoms with Gasteiger partial charge in [0.05, 0.1) is 17.7 Å². The van der Waals surface area contributed by atoms with Crippen molar-refractivity contribution in [3.8, 4) is 0 Å². The van der Waals surface area contributed by atoms with Crippen LogP contribution in [0, 0.1) is 11.6 Å². The summed E-state index contributed by atoms with van der Waals surface area (Å²) in [5.41, 5.74) is -0.951. The van der Waals surface area contributed by atoms with E-state index in [4.69, 9.17) is 0 Å². The SMILES string of the molecule is CCN(CC)C(=O)c1c(F)ccc(F)c1C(=O)N1CCCN(Cc2nccs2)CC1. The molecule has 30 heavy (non-hydrogen) atoms. The second kappa shape index (κ2) is 10.1. The number of benzene rings is 1. The van der Waals surface area contributed by atoms with E-state index in [0.717, 1.165) is 23.7 Å². The fourth-order valence-electron chi connectivity index (χ4n) is 3.65. The van der Waals surface area contributed by atoms with Crippen LogP contribution in [-0.4, -0.2) is 70.8 Å². The van der Waals surface area contributed by atoms with Gasteiger partial charge < -0.3 is 9.80 Å². The largest absolute Gasteiger partial charge is 0.339 e. The average molecular weight is 437 g/mol. The molecule has 162 valence electrons. The molecule has 1 fully saturated rings. The van der Waals surface area contributed by atoms with Crippen LogP contribution in [0.15, 0.2) is 23.7 Å². The molecule has 2 amide bonds. The molecule has 0 atom stereocenters. The molecule has 1 saturated heterocycles. The zero-order valence-electron chi connectivity index (χ0n) is 17.2. The molecule has 0 spiro atoms. The van der Waals surface area contributed by atoms with E-state index in [9.17, 15) is 18.4 Å². The standard InChI is InChI=1S/C21H26F2N4O2S/c1-3-26(4-2)20(28)18-15(22)6-7-16(23)19(18)21(29)27-10-5-9-25(11-12-27)14-17-24-8-13-30-17/h6-8,13H,3-5,9-12,14H2,1-2H3. The number of rotatable bonds is 6. The van der Waals surface area contributed by atoms with Crippen molar-refractivity contribution in [1.82, 2.24) is 19.7 Å². The summed E-state index contributed by atoms with van der Waals surface area (Å²) >= 11 is 1.58. The number of hydrogen-bond acceptors (Lipinski definition) is 5. The molecule has 0 bridgehead atoms. The highest BCUT2D eigenvalue weighted by molar-refractivity contribution is 7.09. The van der Waals surface area contributed by atoms with Gasteiger partial charge in [0.1, 0.15) is 16.6 Å². The fraction of sp³-hybridized carbons (Fsp3) is 0.476. The number of carbonyl (C=O) groups excluding carboxylic acids is 2. The summed E-state index contributed by atoms with van der Waals surface area (Å²) in [5.74, 6) is -3.06. The number of halogens is 2. The van der Waals surface area contributed by atoms with Crippen LogP contribution in [0.3, 0.4) is 0 Å². The molecule has 0 radical (unpaired) electrons. The van der Waals surface area contributed by atoms with Gasteiger partial charge in [0.25, 0.3) is 11.8 Å². The van der Waals surface area contributed by atoms with Crippen LogP contribution in [0.5, 0.6) is 0 Å². The Morgan fingerprint density at radius 1 is 1.07 bits per heavy atom. The second-order valence-electron chi connectivity index (χ2n) is 7.10. The Kier molecular flexibility index (Phi) is 7.49. The van der Waals surface area contributed by atoms with Crippen molar-refractivity contribution in [3.63, 3.8) is 0 Å². The summed E-state index contributed by atoms with van der Waals surface area (Å²) in [4.78, 5) is 35.4. The summed E-state index contributed by atoms with van der Waals surface area (Å²) in [6, 6.07) is 1.81. The second-order valence-corrected chi connectivity index (χ2v) is 8.08. The minimum atomic E-state index is -0.878. The van der Waals surface area contributed by atoms with Crippen molar-refractivity contribution in [1.29, 1.82) is 0 Å². The zero-order chi connectivity index (χ0) is 21.7. The lowest BCUT2D eigenvalue weighted by Crippen LogP contribution is -2.38. The van der Waals surface area contributed by atoms with Crippen molar-refractivity contribution in [2.24, 2.45) is 0 Å². The maximum atomic E-state index is 14.7. The first-order chi connectivity index (χ1) is 14.5. The maximum Gasteiger partial charge on any atom is 0.257 e. The lowest BCUT2D eigenvalue weighted by atomic mass is 10.0. The van der Waals surface area contributed by atoms with Crippen molar-refractivity contribution < 1.29 is 18.4 Å². The normalized spacial score (nSPS) is 15.1. The average Bonchev–Trinajstić information content (AvgIpc) is 3.13. The van der Waals surface area contributed by atoms with Gasteiger partial charge in [-0.3, -0.25) is 14.5 Å². The van der Waals surface area contributed by atoms with Crippen molar-refractivity contribution in [3.05, 3.63) is 51.5 Å². The van der Waals surface area contributed by atoms with E-state index < -0.39 is 34.6 Å². The van der Waals surface area contributed by atoms with Gasteiger partial charge in [0.2, 0.25) is 0 Å². The molecule has 0 unspecified atom stereocenters. The first-order valence-corrected chi connectivity index (χ1v) is 11.0. The van der Waals surface area contributed by atoms with E-state index >= 15 is 0 Å². The van der Waals surface area contributed by atoms with E-state index in [0.29, 0.717) is 45.7 Å². The van der Waals surface area contributed by atoms with Gasteiger partial charge >= 0.3 is 0 Å². The van der Waals surface area contributed by atoms with Gasteiger partial charge in [-0.05, 0) is 32.4 Å². The monoisotopic (exact) mass is 436 g/mol. The Labute approximate surface area is 179 Å². The zero-order valence-corrected chi connectivity index (χ0v) is 18.1. The van der Waals surface area contributed by atoms with Crippen molar-refractivity contribution in [2.75, 3.05) is 39.3 Å². The van der Waals surface area contributed by atoms with E-state index in [1.807, 2.05) is 5.38 Å². The van der Waals surface area contributed by atoms with Gasteiger partial charge in [-0.2, -0.15) is 0 Å². The van der Waals surface area contributed by atoms with Gasteiger partial charge in [-0.1, -0.05) is 0 Å². The van der Waals surface area contributed by atoms with Crippen LogP contribution in [0.1, 0.15) is 46.0 Å². The number of amides is 2. The predicted molar refractivity (Wildman–Crippen MR) is 112 cm³/mol. The molecule has 9 heteroatoms. The van der Waals surface area contributed by atoms with E-state index in [-0.39, 0.29) is 0 Å². The third kappa shape index (κ3) is 4.84. The van der Waals surface area contributed by atoms with Gasteiger partial charge in [-0.25, -0.2) is 13.8 Å². The molecule has 2 aromatic rings. The molecule has 1 aliphatic heterocycles. The van der Waals surface area contributed by atoms with Crippen LogP contribution in [0.25, 0.3) is 0 Å². The number of thiazole rings is 1. The molecule has 3 rings (SSSR count). The summed E-state index contributed by atoms with van der Waals surface area (Å²) in [6.45, 7) is 7.06. The molecule has 1 aromatic carbocycles. The first-order valence-electron chi connectivity index (χ1n) is 10.1. The molecule has 0 aliphatic carbocycles. The lowest BCUT2D eigenvalue weighted by Gasteiger charge is -2.25. The van der Waals surface area contributed by atoms with Crippen LogP contribution in [-0.2, 0) is 6.54 Å². The highest BCUT2D eigenvalue weighted by Gasteiger charge is 2.31. The molecule has 0 N–H and O–H groups in total. The number of carbonyl (C=O) groups is 2. The summed E-state index contributed by atoms with van der Waals surface area (Å²) < 4.78 is 29.3. The number of hydrogen-bond donors (Lipinski definition) is 0. The first kappa shape index (κ1) is 22.3. The number of nitrogens with zero attached hydrogens (tertiary/aromatic N) is 4. The molecular weight excluding hydrogens is 410 g/mol. The topological polar surface area (TPSA) is 56.8 Å². The summed E-state index contributed by atoms with van der Waals surface area (Å²) in [7, 11) is 0. The molecule has 1 aliphatic rings. The number of aromatic nitrogens is 1.